The smallest absolute Gasteiger partial charge is 0.0491 e. The second-order valence-electron chi connectivity index (χ2n) is 4.53. The molecule has 0 bridgehead atoms. The Morgan fingerprint density at radius 3 is 2.67 bits per heavy atom. The average molecular weight is 225 g/mol. The molecular formula is C12H17ClN2. The van der Waals surface area contributed by atoms with Crippen LogP contribution in [0.1, 0.15) is 30.5 Å². The summed E-state index contributed by atoms with van der Waals surface area (Å²) < 4.78 is 0. The van der Waals surface area contributed by atoms with E-state index in [0.717, 1.165) is 16.5 Å². The van der Waals surface area contributed by atoms with Gasteiger partial charge in [-0.05, 0) is 42.4 Å². The van der Waals surface area contributed by atoms with Gasteiger partial charge in [-0.25, -0.2) is 0 Å². The van der Waals surface area contributed by atoms with Crippen molar-refractivity contribution in [3.05, 3.63) is 34.3 Å². The van der Waals surface area contributed by atoms with Crippen molar-refractivity contribution in [1.29, 1.82) is 0 Å². The third kappa shape index (κ3) is 2.17. The molecule has 1 aromatic rings. The Hall–Kier alpha value is -0.570. The van der Waals surface area contributed by atoms with Gasteiger partial charge < -0.3 is 0 Å². The first kappa shape index (κ1) is 10.9. The molecule has 1 fully saturated rings. The van der Waals surface area contributed by atoms with E-state index >= 15 is 0 Å². The first-order valence-corrected chi connectivity index (χ1v) is 5.73. The van der Waals surface area contributed by atoms with Crippen molar-refractivity contribution in [1.82, 2.24) is 5.43 Å². The van der Waals surface area contributed by atoms with Crippen LogP contribution in [0.25, 0.3) is 0 Å². The minimum Gasteiger partial charge on any atom is -0.271 e. The van der Waals surface area contributed by atoms with E-state index in [9.17, 15) is 0 Å². The van der Waals surface area contributed by atoms with E-state index in [1.165, 1.54) is 12.0 Å². The van der Waals surface area contributed by atoms with Gasteiger partial charge in [0.05, 0.1) is 0 Å². The number of hydrazine groups is 1. The Labute approximate surface area is 95.8 Å². The lowest BCUT2D eigenvalue weighted by molar-refractivity contribution is 0.476. The summed E-state index contributed by atoms with van der Waals surface area (Å²) in [5, 5.41) is 0.820. The van der Waals surface area contributed by atoms with Crippen molar-refractivity contribution < 1.29 is 0 Å². The number of hydrogen-bond acceptors (Lipinski definition) is 2. The number of rotatable bonds is 3. The molecule has 0 amide bonds. The minimum atomic E-state index is 0.248. The molecule has 15 heavy (non-hydrogen) atoms. The van der Waals surface area contributed by atoms with Crippen LogP contribution in [-0.4, -0.2) is 0 Å². The number of nitrogens with two attached hydrogens (primary N) is 1. The molecule has 0 radical (unpaired) electrons. The molecule has 0 spiro atoms. The number of halogens is 1. The van der Waals surface area contributed by atoms with Gasteiger partial charge in [0, 0.05) is 11.1 Å². The van der Waals surface area contributed by atoms with Crippen molar-refractivity contribution in [3.63, 3.8) is 0 Å². The van der Waals surface area contributed by atoms with Gasteiger partial charge in [0.15, 0.2) is 0 Å². The zero-order valence-corrected chi connectivity index (χ0v) is 9.88. The van der Waals surface area contributed by atoms with Crippen LogP contribution in [0.4, 0.5) is 0 Å². The highest BCUT2D eigenvalue weighted by atomic mass is 35.5. The lowest BCUT2D eigenvalue weighted by Gasteiger charge is -2.16. The van der Waals surface area contributed by atoms with Crippen LogP contribution in [0.5, 0.6) is 0 Å². The van der Waals surface area contributed by atoms with E-state index in [4.69, 9.17) is 17.4 Å². The van der Waals surface area contributed by atoms with Gasteiger partial charge in [-0.1, -0.05) is 30.7 Å². The second kappa shape index (κ2) is 4.12. The number of hydrogen-bond donors (Lipinski definition) is 2. The summed E-state index contributed by atoms with van der Waals surface area (Å²) in [4.78, 5) is 0. The van der Waals surface area contributed by atoms with Crippen molar-refractivity contribution in [2.75, 3.05) is 0 Å². The van der Waals surface area contributed by atoms with Gasteiger partial charge in [-0.3, -0.25) is 11.3 Å². The molecule has 3 N–H and O–H groups in total. The van der Waals surface area contributed by atoms with Gasteiger partial charge in [0.2, 0.25) is 0 Å². The number of benzene rings is 1. The van der Waals surface area contributed by atoms with Crippen LogP contribution in [-0.2, 0) is 0 Å². The van der Waals surface area contributed by atoms with E-state index in [1.54, 1.807) is 0 Å². The molecule has 0 aliphatic heterocycles. The fraction of sp³-hybridized carbons (Fsp3) is 0.500. The standard InChI is InChI=1S/C12H17ClN2/c1-7-3-4-9(6-11(7)13)12(15-14)10-5-8(10)2/h3-4,6,8,10,12,15H,5,14H2,1-2H3. The van der Waals surface area contributed by atoms with Crippen molar-refractivity contribution in [2.24, 2.45) is 17.7 Å². The molecule has 0 aromatic heterocycles. The summed E-state index contributed by atoms with van der Waals surface area (Å²) in [6, 6.07) is 6.43. The third-order valence-electron chi connectivity index (χ3n) is 3.33. The third-order valence-corrected chi connectivity index (χ3v) is 3.74. The van der Waals surface area contributed by atoms with E-state index < -0.39 is 0 Å². The van der Waals surface area contributed by atoms with E-state index in [-0.39, 0.29) is 6.04 Å². The monoisotopic (exact) mass is 224 g/mol. The summed E-state index contributed by atoms with van der Waals surface area (Å²) in [5.74, 6) is 7.03. The molecule has 1 aromatic carbocycles. The molecule has 1 aliphatic rings. The van der Waals surface area contributed by atoms with Gasteiger partial charge in [0.25, 0.3) is 0 Å². The maximum absolute atomic E-state index is 6.11. The molecule has 1 aliphatic carbocycles. The molecule has 3 unspecified atom stereocenters. The molecule has 1 saturated carbocycles. The highest BCUT2D eigenvalue weighted by Crippen LogP contribution is 2.46. The second-order valence-corrected chi connectivity index (χ2v) is 4.94. The van der Waals surface area contributed by atoms with Crippen LogP contribution in [0.3, 0.4) is 0 Å². The highest BCUT2D eigenvalue weighted by molar-refractivity contribution is 6.31. The predicted molar refractivity (Wildman–Crippen MR) is 63.5 cm³/mol. The van der Waals surface area contributed by atoms with E-state index in [2.05, 4.69) is 24.5 Å². The maximum atomic E-state index is 6.11. The van der Waals surface area contributed by atoms with Crippen LogP contribution in [0, 0.1) is 18.8 Å². The first-order valence-electron chi connectivity index (χ1n) is 5.35. The molecule has 3 heteroatoms. The first-order chi connectivity index (χ1) is 7.13. The van der Waals surface area contributed by atoms with Crippen molar-refractivity contribution in [2.45, 2.75) is 26.3 Å². The Bertz CT molecular complexity index is 365. The van der Waals surface area contributed by atoms with Crippen molar-refractivity contribution in [3.8, 4) is 0 Å². The summed E-state index contributed by atoms with van der Waals surface area (Å²) in [5.41, 5.74) is 5.21. The Morgan fingerprint density at radius 2 is 2.20 bits per heavy atom. The molecule has 2 nitrogen and oxygen atoms in total. The highest BCUT2D eigenvalue weighted by Gasteiger charge is 2.39. The SMILES string of the molecule is Cc1ccc(C(NN)C2CC2C)cc1Cl. The summed E-state index contributed by atoms with van der Waals surface area (Å²) in [6.45, 7) is 4.27. The van der Waals surface area contributed by atoms with Crippen LogP contribution in [0.2, 0.25) is 5.02 Å². The lowest BCUT2D eigenvalue weighted by atomic mass is 10.0. The fourth-order valence-corrected chi connectivity index (χ4v) is 2.27. The molecule has 0 heterocycles. The number of aryl methyl sites for hydroxylation is 1. The normalized spacial score (nSPS) is 26.4. The molecular weight excluding hydrogens is 208 g/mol. The van der Waals surface area contributed by atoms with Crippen LogP contribution >= 0.6 is 11.6 Å². The largest absolute Gasteiger partial charge is 0.271 e. The number of nitrogens with one attached hydrogen (secondary N) is 1. The van der Waals surface area contributed by atoms with Gasteiger partial charge in [0.1, 0.15) is 0 Å². The van der Waals surface area contributed by atoms with Crippen molar-refractivity contribution >= 4 is 11.6 Å². The Morgan fingerprint density at radius 1 is 1.53 bits per heavy atom. The molecule has 3 atom stereocenters. The molecule has 0 saturated heterocycles. The predicted octanol–water partition coefficient (Wildman–Crippen LogP) is 2.81. The summed E-state index contributed by atoms with van der Waals surface area (Å²) >= 11 is 6.11. The lowest BCUT2D eigenvalue weighted by Crippen LogP contribution is -2.29. The Balaban J connectivity index is 2.23. The minimum absolute atomic E-state index is 0.248. The maximum Gasteiger partial charge on any atom is 0.0491 e. The zero-order chi connectivity index (χ0) is 11.0. The summed E-state index contributed by atoms with van der Waals surface area (Å²) in [7, 11) is 0. The van der Waals surface area contributed by atoms with Gasteiger partial charge in [-0.2, -0.15) is 0 Å². The fourth-order valence-electron chi connectivity index (χ4n) is 2.08. The summed E-state index contributed by atoms with van der Waals surface area (Å²) in [6.07, 6.45) is 1.25. The Kier molecular flexibility index (Phi) is 3.01. The van der Waals surface area contributed by atoms with Gasteiger partial charge in [-0.15, -0.1) is 0 Å². The average Bonchev–Trinajstić information content (AvgIpc) is 2.90. The zero-order valence-electron chi connectivity index (χ0n) is 9.13. The van der Waals surface area contributed by atoms with E-state index in [1.807, 2.05) is 13.0 Å². The topological polar surface area (TPSA) is 38.0 Å². The quantitative estimate of drug-likeness (QED) is 0.612. The van der Waals surface area contributed by atoms with Crippen LogP contribution < -0.4 is 11.3 Å². The van der Waals surface area contributed by atoms with Crippen LogP contribution in [0.15, 0.2) is 18.2 Å². The van der Waals surface area contributed by atoms with Gasteiger partial charge >= 0.3 is 0 Å². The molecule has 2 rings (SSSR count). The van der Waals surface area contributed by atoms with E-state index in [0.29, 0.717) is 5.92 Å². The molecule has 82 valence electrons.